The van der Waals surface area contributed by atoms with E-state index in [0.29, 0.717) is 20.8 Å². The normalized spacial score (nSPS) is 13.0. The highest BCUT2D eigenvalue weighted by molar-refractivity contribution is 7.22. The van der Waals surface area contributed by atoms with Crippen molar-refractivity contribution in [1.29, 1.82) is 0 Å². The summed E-state index contributed by atoms with van der Waals surface area (Å²) in [5.41, 5.74) is -1.35. The number of aryl methyl sites for hydroxylation is 1. The van der Waals surface area contributed by atoms with Crippen LogP contribution in [0.25, 0.3) is 32.0 Å². The number of pyridine rings is 1. The third-order valence-electron chi connectivity index (χ3n) is 4.10. The molecule has 3 aromatic heterocycles. The molecule has 0 N–H and O–H groups in total. The van der Waals surface area contributed by atoms with Crippen molar-refractivity contribution >= 4 is 32.6 Å². The van der Waals surface area contributed by atoms with Crippen LogP contribution in [0.3, 0.4) is 0 Å². The maximum Gasteiger partial charge on any atom is 0.417 e. The van der Waals surface area contributed by atoms with Crippen LogP contribution in [0.2, 0.25) is 0 Å². The Morgan fingerprint density at radius 2 is 1.63 bits per heavy atom. The van der Waals surface area contributed by atoms with Gasteiger partial charge in [-0.05, 0) is 35.7 Å². The molecule has 0 aliphatic rings. The Hall–Kier alpha value is -2.62. The number of hydrogen-bond acceptors (Lipinski definition) is 3. The van der Waals surface area contributed by atoms with E-state index in [-0.39, 0.29) is 11.2 Å². The first-order valence-electron chi connectivity index (χ1n) is 7.55. The highest BCUT2D eigenvalue weighted by Gasteiger charge is 2.32. The van der Waals surface area contributed by atoms with Gasteiger partial charge in [-0.1, -0.05) is 0 Å². The average Bonchev–Trinajstić information content (AvgIpc) is 3.13. The van der Waals surface area contributed by atoms with Crippen LogP contribution in [-0.2, 0) is 19.4 Å². The van der Waals surface area contributed by atoms with Crippen molar-refractivity contribution < 1.29 is 26.3 Å². The molecule has 1 aromatic carbocycles. The number of alkyl halides is 6. The largest absolute Gasteiger partial charge is 0.417 e. The predicted molar refractivity (Wildman–Crippen MR) is 89.3 cm³/mol. The highest BCUT2D eigenvalue weighted by atomic mass is 32.1. The van der Waals surface area contributed by atoms with Gasteiger partial charge in [0, 0.05) is 17.9 Å². The van der Waals surface area contributed by atoms with Crippen molar-refractivity contribution in [3.05, 3.63) is 47.7 Å². The molecule has 0 aliphatic carbocycles. The van der Waals surface area contributed by atoms with E-state index in [9.17, 15) is 26.3 Å². The monoisotopic (exact) mass is 401 g/mol. The number of imidazole rings is 1. The summed E-state index contributed by atoms with van der Waals surface area (Å²) < 4.78 is 79.3. The first-order valence-corrected chi connectivity index (χ1v) is 8.36. The number of hydrogen-bond donors (Lipinski definition) is 0. The minimum atomic E-state index is -4.54. The van der Waals surface area contributed by atoms with E-state index >= 15 is 0 Å². The van der Waals surface area contributed by atoms with E-state index in [1.165, 1.54) is 22.0 Å². The van der Waals surface area contributed by atoms with Crippen molar-refractivity contribution in [2.75, 3.05) is 0 Å². The van der Waals surface area contributed by atoms with Gasteiger partial charge in [-0.3, -0.25) is 0 Å². The zero-order valence-corrected chi connectivity index (χ0v) is 14.3. The quantitative estimate of drug-likeness (QED) is 0.373. The van der Waals surface area contributed by atoms with Gasteiger partial charge >= 0.3 is 12.4 Å². The van der Waals surface area contributed by atoms with Gasteiger partial charge in [-0.15, -0.1) is 11.3 Å². The SMILES string of the molecule is Cn1c(-c2cc3cc(C(F)(F)F)ccc3s2)nc2cc(C(F)(F)F)cnc21. The summed E-state index contributed by atoms with van der Waals surface area (Å²) in [7, 11) is 1.59. The fraction of sp³-hybridized carbons (Fsp3) is 0.176. The van der Waals surface area contributed by atoms with Crippen LogP contribution in [0.1, 0.15) is 11.1 Å². The topological polar surface area (TPSA) is 30.7 Å². The summed E-state index contributed by atoms with van der Waals surface area (Å²) in [5, 5.41) is 0.390. The zero-order valence-electron chi connectivity index (χ0n) is 13.5. The van der Waals surface area contributed by atoms with Gasteiger partial charge in [-0.2, -0.15) is 26.3 Å². The van der Waals surface area contributed by atoms with Crippen LogP contribution in [0.15, 0.2) is 36.5 Å². The summed E-state index contributed by atoms with van der Waals surface area (Å²) in [4.78, 5) is 8.58. The van der Waals surface area contributed by atoms with Crippen molar-refractivity contribution in [3.8, 4) is 10.7 Å². The smallest absolute Gasteiger partial charge is 0.311 e. The number of nitrogens with zero attached hydrogens (tertiary/aromatic N) is 3. The Kier molecular flexibility index (Phi) is 3.74. The van der Waals surface area contributed by atoms with Gasteiger partial charge in [0.05, 0.1) is 16.0 Å². The number of halogens is 6. The lowest BCUT2D eigenvalue weighted by Gasteiger charge is -2.05. The minimum Gasteiger partial charge on any atom is -0.311 e. The molecule has 4 aromatic rings. The van der Waals surface area contributed by atoms with Crippen LogP contribution < -0.4 is 0 Å². The summed E-state index contributed by atoms with van der Waals surface area (Å²) in [6, 6.07) is 5.85. The summed E-state index contributed by atoms with van der Waals surface area (Å²) in [6.07, 6.45) is -8.26. The molecule has 0 bridgehead atoms. The predicted octanol–water partition coefficient (Wildman–Crippen LogP) is 5.89. The Bertz CT molecular complexity index is 1170. The molecule has 0 saturated heterocycles. The molecule has 0 radical (unpaired) electrons. The molecule has 0 saturated carbocycles. The molecule has 0 aliphatic heterocycles. The van der Waals surface area contributed by atoms with Crippen LogP contribution in [0.4, 0.5) is 26.3 Å². The summed E-state index contributed by atoms with van der Waals surface area (Å²) in [6.45, 7) is 0. The van der Waals surface area contributed by atoms with Crippen molar-refractivity contribution in [3.63, 3.8) is 0 Å². The number of benzene rings is 1. The van der Waals surface area contributed by atoms with Crippen LogP contribution in [0, 0.1) is 0 Å². The van der Waals surface area contributed by atoms with Gasteiger partial charge in [0.15, 0.2) is 11.5 Å². The van der Waals surface area contributed by atoms with E-state index in [1.54, 1.807) is 13.1 Å². The highest BCUT2D eigenvalue weighted by Crippen LogP contribution is 2.38. The molecule has 3 heterocycles. The van der Waals surface area contributed by atoms with Gasteiger partial charge in [0.2, 0.25) is 0 Å². The number of aromatic nitrogens is 3. The molecule has 0 fully saturated rings. The van der Waals surface area contributed by atoms with Gasteiger partial charge < -0.3 is 4.57 Å². The fourth-order valence-corrected chi connectivity index (χ4v) is 3.85. The maximum atomic E-state index is 12.9. The molecule has 3 nitrogen and oxygen atoms in total. The van der Waals surface area contributed by atoms with E-state index in [4.69, 9.17) is 0 Å². The molecule has 140 valence electrons. The van der Waals surface area contributed by atoms with E-state index in [1.807, 2.05) is 0 Å². The van der Waals surface area contributed by atoms with Crippen LogP contribution in [0.5, 0.6) is 0 Å². The van der Waals surface area contributed by atoms with Crippen LogP contribution >= 0.6 is 11.3 Å². The van der Waals surface area contributed by atoms with E-state index < -0.39 is 23.5 Å². The second-order valence-corrected chi connectivity index (χ2v) is 7.00. The lowest BCUT2D eigenvalue weighted by atomic mass is 10.1. The summed E-state index contributed by atoms with van der Waals surface area (Å²) >= 11 is 1.21. The van der Waals surface area contributed by atoms with Gasteiger partial charge in [0.1, 0.15) is 5.52 Å². The Balaban J connectivity index is 1.85. The average molecular weight is 401 g/mol. The van der Waals surface area contributed by atoms with Crippen molar-refractivity contribution in [2.24, 2.45) is 7.05 Å². The standard InChI is InChI=1S/C17H9F6N3S/c1-26-14-11(6-10(7-24-14)17(21,22)23)25-15(26)13-5-8-4-9(16(18,19)20)2-3-12(8)27-13/h2-7H,1H3. The molecular weight excluding hydrogens is 392 g/mol. The molecular formula is C17H9F6N3S. The number of rotatable bonds is 1. The molecule has 27 heavy (non-hydrogen) atoms. The Morgan fingerprint density at radius 3 is 2.30 bits per heavy atom. The van der Waals surface area contributed by atoms with Gasteiger partial charge in [-0.25, -0.2) is 9.97 Å². The minimum absolute atomic E-state index is 0.0655. The molecule has 10 heteroatoms. The first-order chi connectivity index (χ1) is 12.5. The van der Waals surface area contributed by atoms with Crippen molar-refractivity contribution in [1.82, 2.24) is 14.5 Å². The molecule has 0 atom stereocenters. The molecule has 0 spiro atoms. The number of thiophene rings is 1. The second-order valence-electron chi connectivity index (χ2n) is 5.92. The zero-order chi connectivity index (χ0) is 19.6. The first kappa shape index (κ1) is 17.8. The van der Waals surface area contributed by atoms with E-state index in [0.717, 1.165) is 24.4 Å². The third kappa shape index (κ3) is 3.03. The maximum absolute atomic E-state index is 12.9. The number of fused-ring (bicyclic) bond motifs is 2. The van der Waals surface area contributed by atoms with Crippen LogP contribution in [-0.4, -0.2) is 14.5 Å². The second kappa shape index (κ2) is 5.69. The molecule has 4 rings (SSSR count). The van der Waals surface area contributed by atoms with E-state index in [2.05, 4.69) is 9.97 Å². The Labute approximate surface area is 151 Å². The van der Waals surface area contributed by atoms with Crippen molar-refractivity contribution in [2.45, 2.75) is 12.4 Å². The van der Waals surface area contributed by atoms with Gasteiger partial charge in [0.25, 0.3) is 0 Å². The molecule has 0 unspecified atom stereocenters. The third-order valence-corrected chi connectivity index (χ3v) is 5.21. The Morgan fingerprint density at radius 1 is 0.926 bits per heavy atom. The molecule has 0 amide bonds. The lowest BCUT2D eigenvalue weighted by Crippen LogP contribution is -2.05. The lowest BCUT2D eigenvalue weighted by molar-refractivity contribution is -0.138. The fourth-order valence-electron chi connectivity index (χ4n) is 2.78. The summed E-state index contributed by atoms with van der Waals surface area (Å²) in [5.74, 6) is 0.339.